The second-order valence-electron chi connectivity index (χ2n) is 10.2. The van der Waals surface area contributed by atoms with Gasteiger partial charge in [-0.25, -0.2) is 8.42 Å². The van der Waals surface area contributed by atoms with Crippen LogP contribution in [0.5, 0.6) is 5.75 Å². The molecule has 0 spiro atoms. The molecule has 0 aromatic heterocycles. The number of amidine groups is 1. The van der Waals surface area contributed by atoms with E-state index in [9.17, 15) is 13.2 Å². The molecule has 0 bridgehead atoms. The van der Waals surface area contributed by atoms with Gasteiger partial charge in [0.05, 0.1) is 23.9 Å². The van der Waals surface area contributed by atoms with E-state index in [1.54, 1.807) is 49.4 Å². The van der Waals surface area contributed by atoms with E-state index in [0.717, 1.165) is 42.3 Å². The van der Waals surface area contributed by atoms with E-state index in [1.165, 1.54) is 11.6 Å². The predicted molar refractivity (Wildman–Crippen MR) is 186 cm³/mol. The van der Waals surface area contributed by atoms with Crippen molar-refractivity contribution in [3.63, 3.8) is 0 Å². The average Bonchev–Trinajstić information content (AvgIpc) is 2.98. The Morgan fingerprint density at radius 3 is 2.42 bits per heavy atom. The molecule has 1 aliphatic heterocycles. The highest BCUT2D eigenvalue weighted by Crippen LogP contribution is 2.33. The highest BCUT2D eigenvalue weighted by atomic mass is 35.5. The first-order chi connectivity index (χ1) is 20.6. The van der Waals surface area contributed by atoms with Gasteiger partial charge in [-0.3, -0.25) is 19.4 Å². The molecule has 0 radical (unpaired) electrons. The zero-order valence-electron chi connectivity index (χ0n) is 24.9. The van der Waals surface area contributed by atoms with Crippen molar-refractivity contribution >= 4 is 70.0 Å². The van der Waals surface area contributed by atoms with Crippen molar-refractivity contribution in [2.24, 2.45) is 5.73 Å². The maximum absolute atomic E-state index is 13.3. The van der Waals surface area contributed by atoms with Gasteiger partial charge in [0, 0.05) is 25.2 Å². The van der Waals surface area contributed by atoms with Crippen molar-refractivity contribution in [1.82, 2.24) is 4.90 Å². The summed E-state index contributed by atoms with van der Waals surface area (Å²) >= 11 is 6.61. The Labute approximate surface area is 282 Å². The lowest BCUT2D eigenvalue weighted by Crippen LogP contribution is -2.38. The number of nitrogen functional groups attached to an aromatic ring is 1. The monoisotopic (exact) mass is 696 g/mol. The van der Waals surface area contributed by atoms with Crippen LogP contribution in [0.25, 0.3) is 6.08 Å². The van der Waals surface area contributed by atoms with Crippen molar-refractivity contribution < 1.29 is 22.7 Å². The molecule has 3 N–H and O–H groups in total. The van der Waals surface area contributed by atoms with Crippen molar-refractivity contribution in [3.05, 3.63) is 101 Å². The fourth-order valence-corrected chi connectivity index (χ4v) is 6.35. The van der Waals surface area contributed by atoms with E-state index in [1.807, 2.05) is 24.3 Å². The predicted octanol–water partition coefficient (Wildman–Crippen LogP) is 5.92. The van der Waals surface area contributed by atoms with Crippen LogP contribution in [0, 0.1) is 5.41 Å². The van der Waals surface area contributed by atoms with Crippen LogP contribution in [0.3, 0.4) is 0 Å². The van der Waals surface area contributed by atoms with E-state index in [-0.39, 0.29) is 54.9 Å². The number of piperidine rings is 1. The molecule has 13 heteroatoms. The first-order valence-electron chi connectivity index (χ1n) is 14.1. The Balaban J connectivity index is 0.00000353. The zero-order chi connectivity index (χ0) is 30.8. The smallest absolute Gasteiger partial charge is 0.323 e. The minimum atomic E-state index is -4.11. The molecule has 4 rings (SSSR count). The molecule has 0 unspecified atom stereocenters. The van der Waals surface area contributed by atoms with Crippen LogP contribution in [0.2, 0.25) is 5.02 Å². The normalized spacial score (nSPS) is 13.8. The van der Waals surface area contributed by atoms with Crippen LogP contribution in [0.1, 0.15) is 36.5 Å². The van der Waals surface area contributed by atoms with E-state index in [0.29, 0.717) is 17.0 Å². The Kier molecular flexibility index (Phi) is 15.2. The molecule has 0 atom stereocenters. The number of nitrogens with two attached hydrogens (primary N) is 1. The number of carbonyl (C=O) groups is 1. The summed E-state index contributed by atoms with van der Waals surface area (Å²) < 4.78 is 38.9. The second-order valence-corrected chi connectivity index (χ2v) is 12.5. The van der Waals surface area contributed by atoms with Gasteiger partial charge in [-0.15, -0.1) is 24.8 Å². The van der Waals surface area contributed by atoms with Crippen molar-refractivity contribution in [2.45, 2.75) is 32.4 Å². The van der Waals surface area contributed by atoms with Crippen LogP contribution in [-0.4, -0.2) is 63.2 Å². The van der Waals surface area contributed by atoms with Crippen molar-refractivity contribution in [3.8, 4) is 5.75 Å². The third-order valence-electron chi connectivity index (χ3n) is 7.00. The number of esters is 1. The Hall–Kier alpha value is -3.28. The first-order valence-corrected chi connectivity index (χ1v) is 16.1. The number of benzene rings is 3. The molecule has 0 saturated carbocycles. The van der Waals surface area contributed by atoms with Gasteiger partial charge in [-0.1, -0.05) is 72.3 Å². The highest BCUT2D eigenvalue weighted by molar-refractivity contribution is 7.93. The third-order valence-corrected chi connectivity index (χ3v) is 8.93. The van der Waals surface area contributed by atoms with E-state index in [4.69, 9.17) is 32.2 Å². The maximum atomic E-state index is 13.3. The molecular weight excluding hydrogens is 659 g/mol. The number of hydrogen-bond donors (Lipinski definition) is 2. The molecule has 1 saturated heterocycles. The number of sulfonamides is 1. The largest absolute Gasteiger partial charge is 0.489 e. The van der Waals surface area contributed by atoms with Crippen LogP contribution in [0.4, 0.5) is 5.69 Å². The number of hydrogen-bond acceptors (Lipinski definition) is 7. The van der Waals surface area contributed by atoms with Crippen LogP contribution in [-0.2, 0) is 26.1 Å². The van der Waals surface area contributed by atoms with Gasteiger partial charge < -0.3 is 15.2 Å². The zero-order valence-corrected chi connectivity index (χ0v) is 28.1. The number of nitrogens with zero attached hydrogens (tertiary/aromatic N) is 2. The van der Waals surface area contributed by atoms with E-state index in [2.05, 4.69) is 17.0 Å². The topological polar surface area (TPSA) is 126 Å². The number of rotatable bonds is 13. The molecule has 1 heterocycles. The number of carbonyl (C=O) groups excluding carboxylic acids is 1. The molecular formula is C32H39Cl3N4O5S. The maximum Gasteiger partial charge on any atom is 0.323 e. The van der Waals surface area contributed by atoms with Crippen LogP contribution in [0.15, 0.2) is 78.9 Å². The van der Waals surface area contributed by atoms with Gasteiger partial charge in [0.2, 0.25) is 10.0 Å². The third kappa shape index (κ3) is 11.2. The number of anilines is 1. The van der Waals surface area contributed by atoms with Gasteiger partial charge in [0.15, 0.2) is 5.75 Å². The molecule has 0 aliphatic carbocycles. The lowest BCUT2D eigenvalue weighted by atomic mass is 10.1. The molecule has 244 valence electrons. The lowest BCUT2D eigenvalue weighted by Gasteiger charge is -2.32. The summed E-state index contributed by atoms with van der Waals surface area (Å²) in [5.41, 5.74) is 8.46. The summed E-state index contributed by atoms with van der Waals surface area (Å²) in [4.78, 5) is 14.5. The summed E-state index contributed by atoms with van der Waals surface area (Å²) in [6, 6.07) is 22.2. The summed E-state index contributed by atoms with van der Waals surface area (Å²) in [6.07, 6.45) is 5.07. The number of likely N-dealkylation sites (tertiary alicyclic amines) is 1. The summed E-state index contributed by atoms with van der Waals surface area (Å²) in [5, 5.41) is 7.91. The van der Waals surface area contributed by atoms with Gasteiger partial charge >= 0.3 is 5.97 Å². The summed E-state index contributed by atoms with van der Waals surface area (Å²) in [7, 11) is -4.11. The Morgan fingerprint density at radius 1 is 1.07 bits per heavy atom. The lowest BCUT2D eigenvalue weighted by molar-refractivity contribution is -0.139. The van der Waals surface area contributed by atoms with E-state index < -0.39 is 21.7 Å². The van der Waals surface area contributed by atoms with Gasteiger partial charge in [-0.2, -0.15) is 0 Å². The number of nitrogens with one attached hydrogen (secondary N) is 1. The molecule has 45 heavy (non-hydrogen) atoms. The fourth-order valence-electron chi connectivity index (χ4n) is 4.85. The SMILES string of the molecule is CCOC(=O)CS(=O)(=O)N(C/C=C/c1cccc(C(=N)N)c1)c1ccc(OC2CCN(Cc3ccccc3)CC2)c(Cl)c1.Cl.Cl. The first kappa shape index (κ1) is 37.9. The fraction of sp³-hybridized carbons (Fsp3) is 0.312. The number of ether oxygens (including phenoxy) is 2. The van der Waals surface area contributed by atoms with Gasteiger partial charge in [0.25, 0.3) is 0 Å². The van der Waals surface area contributed by atoms with Crippen molar-refractivity contribution in [2.75, 3.05) is 36.3 Å². The van der Waals surface area contributed by atoms with Crippen molar-refractivity contribution in [1.29, 1.82) is 5.41 Å². The standard InChI is InChI=1S/C32H37ClN4O5S.2ClH/c1-2-41-31(38)23-43(39,40)37(17-7-11-24-10-6-12-26(20-24)32(34)35)27-13-14-30(29(33)21-27)42-28-15-18-36(19-16-28)22-25-8-4-3-5-9-25;;/h3-14,20-21,28H,2,15-19,22-23H2,1H3,(H3,34,35);2*1H/b11-7+;;. The van der Waals surface area contributed by atoms with Gasteiger partial charge in [-0.05, 0) is 55.2 Å². The Bertz CT molecular complexity index is 1550. The van der Waals surface area contributed by atoms with Crippen LogP contribution >= 0.6 is 36.4 Å². The summed E-state index contributed by atoms with van der Waals surface area (Å²) in [5.74, 6) is -1.24. The molecule has 1 aliphatic rings. The minimum Gasteiger partial charge on any atom is -0.489 e. The second kappa shape index (κ2) is 18.0. The molecule has 9 nitrogen and oxygen atoms in total. The average molecular weight is 698 g/mol. The highest BCUT2D eigenvalue weighted by Gasteiger charge is 2.27. The minimum absolute atomic E-state index is 0. The molecule has 1 fully saturated rings. The summed E-state index contributed by atoms with van der Waals surface area (Å²) in [6.45, 7) is 4.32. The number of halogens is 3. The van der Waals surface area contributed by atoms with Gasteiger partial charge in [0.1, 0.15) is 17.7 Å². The van der Waals surface area contributed by atoms with E-state index >= 15 is 0 Å². The Morgan fingerprint density at radius 2 is 1.78 bits per heavy atom. The quantitative estimate of drug-likeness (QED) is 0.129. The van der Waals surface area contributed by atoms with Crippen LogP contribution < -0.4 is 14.8 Å². The molecule has 3 aromatic carbocycles. The molecule has 3 aromatic rings. The molecule has 0 amide bonds.